The second kappa shape index (κ2) is 6.08. The van der Waals surface area contributed by atoms with E-state index in [4.69, 9.17) is 27.7 Å². The number of nitrogens with two attached hydrogens (primary N) is 1. The molecule has 0 saturated heterocycles. The molecular formula is C13H9ClFN7O2. The second-order valence-corrected chi connectivity index (χ2v) is 5.00. The average Bonchev–Trinajstić information content (AvgIpc) is 2.87. The van der Waals surface area contributed by atoms with E-state index >= 15 is 0 Å². The molecule has 0 aliphatic rings. The highest BCUT2D eigenvalue weighted by atomic mass is 35.5. The summed E-state index contributed by atoms with van der Waals surface area (Å²) in [7, 11) is 0. The third-order valence-electron chi connectivity index (χ3n) is 3.00. The molecule has 9 nitrogen and oxygen atoms in total. The Hall–Kier alpha value is -3.27. The number of nitrogen functional groups attached to an aromatic ring is 1. The lowest BCUT2D eigenvalue weighted by molar-refractivity contribution is 0.0600. The zero-order valence-electron chi connectivity index (χ0n) is 11.8. The van der Waals surface area contributed by atoms with Crippen molar-refractivity contribution in [1.29, 1.82) is 5.53 Å². The van der Waals surface area contributed by atoms with Crippen molar-refractivity contribution in [1.82, 2.24) is 14.6 Å². The van der Waals surface area contributed by atoms with Crippen LogP contribution in [0.3, 0.4) is 0 Å². The number of benzene rings is 1. The predicted octanol–water partition coefficient (Wildman–Crippen LogP) is 2.95. The molecule has 0 bridgehead atoms. The molecule has 2 aromatic heterocycles. The van der Waals surface area contributed by atoms with Crippen LogP contribution in [0.25, 0.3) is 5.65 Å². The molecule has 24 heavy (non-hydrogen) atoms. The summed E-state index contributed by atoms with van der Waals surface area (Å²) >= 11 is 5.84. The molecule has 0 aliphatic carbocycles. The summed E-state index contributed by atoms with van der Waals surface area (Å²) in [5.41, 5.74) is 15.4. The Balaban J connectivity index is 1.87. The summed E-state index contributed by atoms with van der Waals surface area (Å²) in [4.78, 5) is 20.9. The first-order valence-electron chi connectivity index (χ1n) is 6.43. The topological polar surface area (TPSA) is 131 Å². The number of anilines is 2. The Morgan fingerprint density at radius 3 is 3.04 bits per heavy atom. The van der Waals surface area contributed by atoms with Crippen LogP contribution < -0.4 is 11.2 Å². The summed E-state index contributed by atoms with van der Waals surface area (Å²) in [6.45, 7) is 0. The van der Waals surface area contributed by atoms with Gasteiger partial charge in [0.1, 0.15) is 11.4 Å². The summed E-state index contributed by atoms with van der Waals surface area (Å²) in [6.07, 6.45) is 1.95. The first kappa shape index (κ1) is 15.6. The number of hydrogen-bond donors (Lipinski definition) is 3. The van der Waals surface area contributed by atoms with Crippen molar-refractivity contribution in [2.75, 3.05) is 11.2 Å². The van der Waals surface area contributed by atoms with Crippen LogP contribution in [0.5, 0.6) is 0 Å². The molecule has 0 saturated carbocycles. The number of fused-ring (bicyclic) bond motifs is 1. The molecule has 11 heteroatoms. The molecule has 2 heterocycles. The number of carbonyl (C=O) groups excluding carboxylic acids is 1. The molecule has 0 amide bonds. The fourth-order valence-electron chi connectivity index (χ4n) is 1.96. The third-order valence-corrected chi connectivity index (χ3v) is 3.24. The standard InChI is InChI=1S/C13H9ClFN7O2/c14-6-1-2-8(19-17)9(3-6)21-24-13(23)10-11(16)20-22-5-7(15)4-18-12(10)22/h1-5,17,21H,(H2,16,20). The highest BCUT2D eigenvalue weighted by molar-refractivity contribution is 6.31. The fourth-order valence-corrected chi connectivity index (χ4v) is 2.14. The van der Waals surface area contributed by atoms with Crippen LogP contribution >= 0.6 is 11.6 Å². The van der Waals surface area contributed by atoms with Crippen molar-refractivity contribution in [2.45, 2.75) is 0 Å². The number of nitrogens with one attached hydrogen (secondary N) is 2. The highest BCUT2D eigenvalue weighted by Crippen LogP contribution is 2.28. The van der Waals surface area contributed by atoms with E-state index in [0.717, 1.165) is 16.9 Å². The van der Waals surface area contributed by atoms with Crippen molar-refractivity contribution in [3.63, 3.8) is 0 Å². The van der Waals surface area contributed by atoms with Crippen LogP contribution in [-0.4, -0.2) is 20.6 Å². The predicted molar refractivity (Wildman–Crippen MR) is 82.7 cm³/mol. The molecule has 0 radical (unpaired) electrons. The summed E-state index contributed by atoms with van der Waals surface area (Å²) < 4.78 is 14.2. The second-order valence-electron chi connectivity index (χ2n) is 4.57. The summed E-state index contributed by atoms with van der Waals surface area (Å²) in [5.74, 6) is -1.70. The maximum absolute atomic E-state index is 13.1. The maximum atomic E-state index is 13.1. The van der Waals surface area contributed by atoms with Crippen molar-refractivity contribution in [3.8, 4) is 0 Å². The molecule has 1 aromatic carbocycles. The van der Waals surface area contributed by atoms with E-state index in [-0.39, 0.29) is 28.4 Å². The molecular weight excluding hydrogens is 341 g/mol. The van der Waals surface area contributed by atoms with Gasteiger partial charge in [0.05, 0.1) is 12.4 Å². The largest absolute Gasteiger partial charge is 0.381 e. The minimum absolute atomic E-state index is 0.0391. The number of halogens is 2. The van der Waals surface area contributed by atoms with Crippen molar-refractivity contribution < 1.29 is 14.0 Å². The van der Waals surface area contributed by atoms with Gasteiger partial charge in [-0.3, -0.25) is 0 Å². The van der Waals surface area contributed by atoms with Crippen LogP contribution in [0.15, 0.2) is 35.7 Å². The SMILES string of the molecule is N=Nc1ccc(Cl)cc1NOC(=O)c1c(N)nn2cc(F)cnc12. The molecule has 0 spiro atoms. The van der Waals surface area contributed by atoms with E-state index in [0.29, 0.717) is 5.02 Å². The van der Waals surface area contributed by atoms with Crippen molar-refractivity contribution in [2.24, 2.45) is 5.11 Å². The Morgan fingerprint density at radius 2 is 2.29 bits per heavy atom. The van der Waals surface area contributed by atoms with E-state index in [9.17, 15) is 9.18 Å². The first-order valence-corrected chi connectivity index (χ1v) is 6.81. The van der Waals surface area contributed by atoms with E-state index in [1.54, 1.807) is 0 Å². The van der Waals surface area contributed by atoms with Gasteiger partial charge < -0.3 is 10.6 Å². The van der Waals surface area contributed by atoms with Gasteiger partial charge in [0.25, 0.3) is 0 Å². The number of hydrogen-bond acceptors (Lipinski definition) is 8. The van der Waals surface area contributed by atoms with E-state index in [1.165, 1.54) is 18.2 Å². The highest BCUT2D eigenvalue weighted by Gasteiger charge is 2.22. The monoisotopic (exact) mass is 349 g/mol. The van der Waals surface area contributed by atoms with Crippen LogP contribution in [0, 0.1) is 11.3 Å². The fraction of sp³-hybridized carbons (Fsp3) is 0. The molecule has 3 aromatic rings. The van der Waals surface area contributed by atoms with Crippen LogP contribution in [0.1, 0.15) is 10.4 Å². The number of aromatic nitrogens is 3. The molecule has 3 rings (SSSR count). The van der Waals surface area contributed by atoms with E-state index in [2.05, 4.69) is 20.7 Å². The van der Waals surface area contributed by atoms with Crippen molar-refractivity contribution >= 4 is 40.4 Å². The minimum Gasteiger partial charge on any atom is -0.381 e. The van der Waals surface area contributed by atoms with Gasteiger partial charge >= 0.3 is 5.97 Å². The smallest absolute Gasteiger partial charge is 0.370 e. The normalized spacial score (nSPS) is 10.6. The quantitative estimate of drug-likeness (QED) is 0.490. The van der Waals surface area contributed by atoms with Gasteiger partial charge in [-0.2, -0.15) is 5.11 Å². The van der Waals surface area contributed by atoms with E-state index < -0.39 is 11.8 Å². The molecule has 0 atom stereocenters. The summed E-state index contributed by atoms with van der Waals surface area (Å²) in [6, 6.07) is 4.43. The number of nitrogens with zero attached hydrogens (tertiary/aromatic N) is 4. The Kier molecular flexibility index (Phi) is 3.96. The lowest BCUT2D eigenvalue weighted by atomic mass is 10.3. The van der Waals surface area contributed by atoms with Gasteiger partial charge in [-0.1, -0.05) is 11.6 Å². The van der Waals surface area contributed by atoms with Gasteiger partial charge in [-0.25, -0.2) is 29.7 Å². The Labute approximate surface area is 138 Å². The first-order chi connectivity index (χ1) is 11.5. The van der Waals surface area contributed by atoms with E-state index in [1.807, 2.05) is 0 Å². The van der Waals surface area contributed by atoms with Crippen LogP contribution in [0.2, 0.25) is 5.02 Å². The molecule has 122 valence electrons. The minimum atomic E-state index is -0.891. The van der Waals surface area contributed by atoms with Crippen LogP contribution in [-0.2, 0) is 4.84 Å². The Bertz CT molecular complexity index is 959. The number of carbonyl (C=O) groups is 1. The maximum Gasteiger partial charge on any atom is 0.370 e. The van der Waals surface area contributed by atoms with Gasteiger partial charge in [-0.05, 0) is 18.2 Å². The Morgan fingerprint density at radius 1 is 1.50 bits per heavy atom. The van der Waals surface area contributed by atoms with Crippen molar-refractivity contribution in [3.05, 3.63) is 47.0 Å². The average molecular weight is 350 g/mol. The molecule has 4 N–H and O–H groups in total. The zero-order valence-corrected chi connectivity index (χ0v) is 12.6. The molecule has 0 aliphatic heterocycles. The van der Waals surface area contributed by atoms with Gasteiger partial charge in [0.15, 0.2) is 22.8 Å². The third kappa shape index (κ3) is 2.82. The number of rotatable bonds is 4. The lowest BCUT2D eigenvalue weighted by Gasteiger charge is -2.08. The summed E-state index contributed by atoms with van der Waals surface area (Å²) in [5, 5.41) is 7.42. The van der Waals surface area contributed by atoms with Gasteiger partial charge in [0, 0.05) is 5.02 Å². The van der Waals surface area contributed by atoms with Gasteiger partial charge in [-0.15, -0.1) is 5.10 Å². The lowest BCUT2D eigenvalue weighted by Crippen LogP contribution is -2.12. The zero-order chi connectivity index (χ0) is 17.3. The molecule has 0 fully saturated rings. The van der Waals surface area contributed by atoms with Gasteiger partial charge in [0.2, 0.25) is 0 Å². The molecule has 0 unspecified atom stereocenters. The van der Waals surface area contributed by atoms with Crippen LogP contribution in [0.4, 0.5) is 21.6 Å².